The Morgan fingerprint density at radius 3 is 2.58 bits per heavy atom. The Balaban J connectivity index is 1.47. The van der Waals surface area contributed by atoms with E-state index >= 15 is 4.39 Å². The fourth-order valence-electron chi connectivity index (χ4n) is 5.28. The minimum absolute atomic E-state index is 0.0847. The molecule has 38 heavy (non-hydrogen) atoms. The molecule has 1 aliphatic carbocycles. The molecule has 2 aliphatic rings. The second kappa shape index (κ2) is 10.9. The van der Waals surface area contributed by atoms with Crippen molar-refractivity contribution in [2.24, 2.45) is 0 Å². The van der Waals surface area contributed by atoms with Gasteiger partial charge >= 0.3 is 6.09 Å². The fraction of sp³-hybridized carbons (Fsp3) is 0.500. The highest BCUT2D eigenvalue weighted by atomic mass is 35.5. The van der Waals surface area contributed by atoms with Gasteiger partial charge in [0.05, 0.1) is 5.69 Å². The highest BCUT2D eigenvalue weighted by molar-refractivity contribution is 6.30. The normalized spacial score (nSPS) is 17.1. The van der Waals surface area contributed by atoms with Crippen LogP contribution in [0.25, 0.3) is 22.5 Å². The molecule has 3 aromatic rings. The molecule has 0 unspecified atom stereocenters. The quantitative estimate of drug-likeness (QED) is 0.369. The predicted molar refractivity (Wildman–Crippen MR) is 146 cm³/mol. The summed E-state index contributed by atoms with van der Waals surface area (Å²) in [5, 5.41) is 11.5. The van der Waals surface area contributed by atoms with Crippen molar-refractivity contribution in [3.63, 3.8) is 0 Å². The number of ether oxygens (including phenoxy) is 1. The molecule has 2 fully saturated rings. The molecule has 1 aliphatic heterocycles. The van der Waals surface area contributed by atoms with Gasteiger partial charge in [-0.3, -0.25) is 5.10 Å². The number of likely N-dealkylation sites (tertiary alicyclic amines) is 1. The molecule has 1 aromatic carbocycles. The molecular formula is C28H34ClFN6O2. The third-order valence-corrected chi connectivity index (χ3v) is 7.37. The smallest absolute Gasteiger partial charge is 0.410 e. The van der Waals surface area contributed by atoms with Crippen molar-refractivity contribution >= 4 is 23.6 Å². The van der Waals surface area contributed by atoms with Crippen molar-refractivity contribution in [1.82, 2.24) is 25.1 Å². The lowest BCUT2D eigenvalue weighted by atomic mass is 9.89. The number of anilines is 1. The van der Waals surface area contributed by atoms with Crippen LogP contribution in [0.5, 0.6) is 0 Å². The lowest BCUT2D eigenvalue weighted by Crippen LogP contribution is -2.41. The minimum atomic E-state index is -0.542. The third-order valence-electron chi connectivity index (χ3n) is 7.14. The van der Waals surface area contributed by atoms with E-state index in [0.29, 0.717) is 47.1 Å². The van der Waals surface area contributed by atoms with E-state index in [9.17, 15) is 4.79 Å². The van der Waals surface area contributed by atoms with Gasteiger partial charge in [-0.25, -0.2) is 19.2 Å². The van der Waals surface area contributed by atoms with Gasteiger partial charge in [0.2, 0.25) is 5.95 Å². The van der Waals surface area contributed by atoms with Crippen molar-refractivity contribution in [2.75, 3.05) is 18.4 Å². The maximum Gasteiger partial charge on any atom is 0.410 e. The van der Waals surface area contributed by atoms with Gasteiger partial charge in [-0.1, -0.05) is 24.4 Å². The van der Waals surface area contributed by atoms with E-state index in [1.54, 1.807) is 23.2 Å². The fourth-order valence-corrected chi connectivity index (χ4v) is 5.44. The van der Waals surface area contributed by atoms with E-state index in [1.807, 2.05) is 26.8 Å². The lowest BCUT2D eigenvalue weighted by Gasteiger charge is -2.33. The second-order valence-corrected chi connectivity index (χ2v) is 11.6. The third kappa shape index (κ3) is 5.93. The zero-order chi connectivity index (χ0) is 26.9. The van der Waals surface area contributed by atoms with Crippen molar-refractivity contribution < 1.29 is 13.9 Å². The number of carbonyl (C=O) groups is 1. The standard InChI is InChI=1S/C28H34ClFN6O2/c1-28(2,3)38-27(37)36-14-11-17(12-15-36)24-23(25(35-34-24)20-9-8-18(29)16-21(20)30)22-10-13-31-26(33-22)32-19-6-4-5-7-19/h8-10,13,16-17,19H,4-7,11-12,14-15H2,1-3H3,(H,34,35)(H,31,32,33). The Hall–Kier alpha value is -3.20. The van der Waals surface area contributed by atoms with E-state index in [2.05, 4.69) is 20.5 Å². The van der Waals surface area contributed by atoms with Gasteiger partial charge in [-0.2, -0.15) is 5.10 Å². The molecule has 5 rings (SSSR count). The summed E-state index contributed by atoms with van der Waals surface area (Å²) in [7, 11) is 0. The molecule has 0 radical (unpaired) electrons. The maximum absolute atomic E-state index is 15.1. The Bertz CT molecular complexity index is 1290. The molecule has 1 saturated carbocycles. The number of H-pyrrole nitrogens is 1. The summed E-state index contributed by atoms with van der Waals surface area (Å²) < 4.78 is 20.6. The highest BCUT2D eigenvalue weighted by Crippen LogP contribution is 2.40. The van der Waals surface area contributed by atoms with Crippen LogP contribution in [0, 0.1) is 5.82 Å². The van der Waals surface area contributed by atoms with E-state index in [-0.39, 0.29) is 12.0 Å². The number of amides is 1. The Morgan fingerprint density at radius 2 is 1.89 bits per heavy atom. The average Bonchev–Trinajstić information content (AvgIpc) is 3.53. The van der Waals surface area contributed by atoms with Crippen molar-refractivity contribution in [2.45, 2.75) is 76.9 Å². The molecule has 0 atom stereocenters. The van der Waals surface area contributed by atoms with E-state index in [4.69, 9.17) is 21.3 Å². The van der Waals surface area contributed by atoms with Gasteiger partial charge in [0.15, 0.2) is 0 Å². The van der Waals surface area contributed by atoms with E-state index < -0.39 is 11.4 Å². The molecule has 1 saturated heterocycles. The van der Waals surface area contributed by atoms with Crippen molar-refractivity contribution in [1.29, 1.82) is 0 Å². The number of aromatic amines is 1. The molecule has 10 heteroatoms. The summed E-state index contributed by atoms with van der Waals surface area (Å²) >= 11 is 6.03. The molecular weight excluding hydrogens is 507 g/mol. The molecule has 2 aromatic heterocycles. The first-order valence-corrected chi connectivity index (χ1v) is 13.7. The molecule has 1 amide bonds. The van der Waals surface area contributed by atoms with Crippen LogP contribution in [0.2, 0.25) is 5.02 Å². The molecule has 202 valence electrons. The topological polar surface area (TPSA) is 96.0 Å². The molecule has 0 spiro atoms. The Kier molecular flexibility index (Phi) is 7.56. The predicted octanol–water partition coefficient (Wildman–Crippen LogP) is 6.80. The number of hydrogen-bond donors (Lipinski definition) is 2. The van der Waals surface area contributed by atoms with Gasteiger partial charge in [0.1, 0.15) is 17.1 Å². The number of aromatic nitrogens is 4. The number of halogens is 2. The summed E-state index contributed by atoms with van der Waals surface area (Å²) in [6.07, 6.45) is 7.46. The first kappa shape index (κ1) is 26.4. The molecule has 0 bridgehead atoms. The first-order valence-electron chi connectivity index (χ1n) is 13.3. The number of piperidine rings is 1. The van der Waals surface area contributed by atoms with E-state index in [1.165, 1.54) is 18.9 Å². The van der Waals surface area contributed by atoms with Gasteiger partial charge < -0.3 is 15.0 Å². The summed E-state index contributed by atoms with van der Waals surface area (Å²) in [5.41, 5.74) is 2.58. The summed E-state index contributed by atoms with van der Waals surface area (Å²) in [4.78, 5) is 23.6. The van der Waals surface area contributed by atoms with Crippen LogP contribution >= 0.6 is 11.6 Å². The van der Waals surface area contributed by atoms with Crippen molar-refractivity contribution in [3.8, 4) is 22.5 Å². The van der Waals surface area contributed by atoms with Crippen LogP contribution in [0.3, 0.4) is 0 Å². The number of rotatable bonds is 5. The monoisotopic (exact) mass is 540 g/mol. The average molecular weight is 541 g/mol. The summed E-state index contributed by atoms with van der Waals surface area (Å²) in [6, 6.07) is 6.79. The van der Waals surface area contributed by atoms with Crippen LogP contribution in [-0.4, -0.2) is 55.9 Å². The molecule has 8 nitrogen and oxygen atoms in total. The molecule has 3 heterocycles. The van der Waals surface area contributed by atoms with Gasteiger partial charge in [-0.05, 0) is 70.7 Å². The number of carbonyl (C=O) groups excluding carboxylic acids is 1. The minimum Gasteiger partial charge on any atom is -0.444 e. The largest absolute Gasteiger partial charge is 0.444 e. The van der Waals surface area contributed by atoms with Crippen LogP contribution in [0.15, 0.2) is 30.5 Å². The Morgan fingerprint density at radius 1 is 1.16 bits per heavy atom. The van der Waals surface area contributed by atoms with Crippen LogP contribution < -0.4 is 5.32 Å². The number of nitrogens with one attached hydrogen (secondary N) is 2. The highest BCUT2D eigenvalue weighted by Gasteiger charge is 2.32. The zero-order valence-electron chi connectivity index (χ0n) is 22.1. The number of benzene rings is 1. The Labute approximate surface area is 227 Å². The summed E-state index contributed by atoms with van der Waals surface area (Å²) in [5.74, 6) is 0.195. The first-order chi connectivity index (χ1) is 18.2. The summed E-state index contributed by atoms with van der Waals surface area (Å²) in [6.45, 7) is 6.71. The number of hydrogen-bond acceptors (Lipinski definition) is 6. The SMILES string of the molecule is CC(C)(C)OC(=O)N1CCC(c2[nH]nc(-c3ccc(Cl)cc3F)c2-c2ccnc(NC3CCCC3)n2)CC1. The van der Waals surface area contributed by atoms with Crippen LogP contribution in [-0.2, 0) is 4.74 Å². The van der Waals surface area contributed by atoms with Gasteiger partial charge in [0.25, 0.3) is 0 Å². The van der Waals surface area contributed by atoms with Crippen LogP contribution in [0.1, 0.15) is 70.9 Å². The lowest BCUT2D eigenvalue weighted by molar-refractivity contribution is 0.0204. The van der Waals surface area contributed by atoms with Gasteiger partial charge in [0, 0.05) is 53.1 Å². The zero-order valence-corrected chi connectivity index (χ0v) is 22.8. The maximum atomic E-state index is 15.1. The van der Waals surface area contributed by atoms with Gasteiger partial charge in [-0.15, -0.1) is 0 Å². The molecule has 2 N–H and O–H groups in total. The van der Waals surface area contributed by atoms with Crippen LogP contribution in [0.4, 0.5) is 15.1 Å². The van der Waals surface area contributed by atoms with E-state index in [0.717, 1.165) is 36.9 Å². The second-order valence-electron chi connectivity index (χ2n) is 11.1. The van der Waals surface area contributed by atoms with Crippen molar-refractivity contribution in [3.05, 3.63) is 47.0 Å². The number of nitrogens with zero attached hydrogens (tertiary/aromatic N) is 4.